The minimum absolute atomic E-state index is 0. The fraction of sp³-hybridized carbons (Fsp3) is 0. The van der Waals surface area contributed by atoms with Gasteiger partial charge in [0.2, 0.25) is 0 Å². The van der Waals surface area contributed by atoms with Crippen molar-refractivity contribution in [3.8, 4) is 0 Å². The Bertz CT molecular complexity index is 8.00. The van der Waals surface area contributed by atoms with Crippen LogP contribution in [-0.4, -0.2) is 40.7 Å². The van der Waals surface area contributed by atoms with E-state index in [2.05, 4.69) is 0 Å². The molecule has 0 aromatic rings. The quantitative estimate of drug-likeness (QED) is 0.444. The van der Waals surface area contributed by atoms with Crippen molar-refractivity contribution >= 4 is 40.7 Å². The first-order valence-corrected chi connectivity index (χ1v) is 0.866. The third kappa shape index (κ3) is 9.38. The third-order valence-corrected chi connectivity index (χ3v) is 0. The molecule has 0 fully saturated rings. The van der Waals surface area contributed by atoms with Crippen LogP contribution in [0.15, 0.2) is 0 Å². The summed E-state index contributed by atoms with van der Waals surface area (Å²) in [5.74, 6) is 0. The molecule has 0 saturated heterocycles. The molecular formula is H4AlCuOSb. The summed E-state index contributed by atoms with van der Waals surface area (Å²) in [6.45, 7) is 0. The monoisotopic (exact) mass is 231 g/mol. The van der Waals surface area contributed by atoms with Crippen LogP contribution >= 0.6 is 0 Å². The zero-order valence-electron chi connectivity index (χ0n) is 2.12. The Hall–Kier alpha value is 1.67. The van der Waals surface area contributed by atoms with Crippen LogP contribution in [0.25, 0.3) is 0 Å². The first-order chi connectivity index (χ1) is 1.00. The van der Waals surface area contributed by atoms with Crippen LogP contribution in [0.2, 0.25) is 0 Å². The van der Waals surface area contributed by atoms with Gasteiger partial charge in [0.15, 0.2) is 0 Å². The summed E-state index contributed by atoms with van der Waals surface area (Å²) < 4.78 is 8.28. The van der Waals surface area contributed by atoms with E-state index in [4.69, 9.17) is 3.80 Å². The molecule has 0 spiro atoms. The molecule has 0 rings (SSSR count). The van der Waals surface area contributed by atoms with Crippen LogP contribution in [0.4, 0.5) is 0 Å². The van der Waals surface area contributed by atoms with Crippen LogP contribution in [0.3, 0.4) is 0 Å². The summed E-state index contributed by atoms with van der Waals surface area (Å²) >= 11 is 0.611. The van der Waals surface area contributed by atoms with Crippen molar-refractivity contribution in [2.75, 3.05) is 0 Å². The van der Waals surface area contributed by atoms with Gasteiger partial charge in [-0.2, -0.15) is 0 Å². The fourth-order valence-corrected chi connectivity index (χ4v) is 0. The molecule has 0 N–H and O–H groups in total. The van der Waals surface area contributed by atoms with Crippen molar-refractivity contribution < 1.29 is 20.9 Å². The molecule has 0 aromatic heterocycles. The van der Waals surface area contributed by atoms with E-state index >= 15 is 0 Å². The Morgan fingerprint density at radius 3 is 1.25 bits per heavy atom. The summed E-state index contributed by atoms with van der Waals surface area (Å²) in [5.41, 5.74) is 0. The zero-order valence-corrected chi connectivity index (χ0v) is 8.52. The molecule has 0 atom stereocenters. The van der Waals surface area contributed by atoms with E-state index in [9.17, 15) is 0 Å². The van der Waals surface area contributed by atoms with Crippen molar-refractivity contribution in [1.82, 2.24) is 0 Å². The molecule has 4 heteroatoms. The van der Waals surface area contributed by atoms with Crippen LogP contribution in [0, 0.1) is 0 Å². The third-order valence-electron chi connectivity index (χ3n) is 0. The van der Waals surface area contributed by atoms with Crippen LogP contribution < -0.4 is 0 Å². The van der Waals surface area contributed by atoms with E-state index in [-0.39, 0.29) is 41.5 Å². The Kier molecular flexibility index (Phi) is 97.8. The molecule has 0 aliphatic heterocycles. The van der Waals surface area contributed by atoms with Gasteiger partial charge < -0.3 is 0 Å². The van der Waals surface area contributed by atoms with Crippen molar-refractivity contribution in [1.29, 1.82) is 0 Å². The molecule has 0 aromatic carbocycles. The second-order valence-electron chi connectivity index (χ2n) is 0. The predicted octanol–water partition coefficient (Wildman–Crippen LogP) is -1.95. The molecule has 0 amide bonds. The molecule has 0 saturated carbocycles. The van der Waals surface area contributed by atoms with Gasteiger partial charge >= 0.3 is 44.5 Å². The summed E-state index contributed by atoms with van der Waals surface area (Å²) in [7, 11) is 0. The first kappa shape index (κ1) is 17.3. The maximum absolute atomic E-state index is 8.28. The van der Waals surface area contributed by atoms with E-state index in [1.54, 1.807) is 0 Å². The standard InChI is InChI=1S/Al.Cu.O.Sb.4H. The second kappa shape index (κ2) is 22.6. The zero-order chi connectivity index (χ0) is 2.00. The first-order valence-electron chi connectivity index (χ1n) is 0.289. The fourth-order valence-electron chi connectivity index (χ4n) is 0. The molecule has 1 radical (unpaired) electrons. The van der Waals surface area contributed by atoms with Crippen LogP contribution in [0.5, 0.6) is 0 Å². The summed E-state index contributed by atoms with van der Waals surface area (Å²) in [4.78, 5) is 0. The second-order valence-corrected chi connectivity index (χ2v) is 0. The summed E-state index contributed by atoms with van der Waals surface area (Å²) in [6.07, 6.45) is 0. The van der Waals surface area contributed by atoms with Crippen molar-refractivity contribution in [2.24, 2.45) is 0 Å². The van der Waals surface area contributed by atoms with Gasteiger partial charge in [0, 0.05) is 17.1 Å². The Morgan fingerprint density at radius 2 is 1.25 bits per heavy atom. The van der Waals surface area contributed by atoms with Crippen LogP contribution in [-0.2, 0) is 20.9 Å². The van der Waals surface area contributed by atoms with Crippen LogP contribution in [0.1, 0.15) is 0 Å². The molecule has 29 valence electrons. The molecule has 0 aliphatic carbocycles. The van der Waals surface area contributed by atoms with Gasteiger partial charge in [0.05, 0.1) is 0 Å². The summed E-state index contributed by atoms with van der Waals surface area (Å²) in [5, 5.41) is 0. The van der Waals surface area contributed by atoms with E-state index in [1.807, 2.05) is 0 Å². The average Bonchev–Trinajstić information content (AvgIpc) is 1.00. The van der Waals surface area contributed by atoms with E-state index in [0.29, 0.717) is 16.2 Å². The Morgan fingerprint density at radius 1 is 1.25 bits per heavy atom. The molecule has 0 aliphatic rings. The van der Waals surface area contributed by atoms with Gasteiger partial charge in [-0.3, -0.25) is 0 Å². The molecule has 1 nitrogen and oxygen atoms in total. The molecule has 0 heterocycles. The van der Waals surface area contributed by atoms with Crippen molar-refractivity contribution in [3.63, 3.8) is 0 Å². The Labute approximate surface area is 61.1 Å². The number of hydrogen-bond donors (Lipinski definition) is 0. The van der Waals surface area contributed by atoms with E-state index in [1.165, 1.54) is 0 Å². The summed E-state index contributed by atoms with van der Waals surface area (Å²) in [6, 6.07) is 0. The van der Waals surface area contributed by atoms with E-state index < -0.39 is 0 Å². The number of hydrogen-bond acceptors (Lipinski definition) is 1. The molecule has 0 bridgehead atoms. The average molecular weight is 232 g/mol. The topological polar surface area (TPSA) is 17.1 Å². The number of rotatable bonds is 0. The molecule has 4 heavy (non-hydrogen) atoms. The van der Waals surface area contributed by atoms with Gasteiger partial charge in [0.1, 0.15) is 0 Å². The SMILES string of the molecule is [Cu].[O]=[AlH].[SbH3]. The van der Waals surface area contributed by atoms with Gasteiger partial charge in [-0.15, -0.1) is 0 Å². The predicted molar refractivity (Wildman–Crippen MR) is 17.8 cm³/mol. The van der Waals surface area contributed by atoms with Gasteiger partial charge in [-0.1, -0.05) is 0 Å². The van der Waals surface area contributed by atoms with Crippen molar-refractivity contribution in [2.45, 2.75) is 0 Å². The van der Waals surface area contributed by atoms with Crippen molar-refractivity contribution in [3.05, 3.63) is 0 Å². The van der Waals surface area contributed by atoms with E-state index in [0.717, 1.165) is 0 Å². The maximum atomic E-state index is 8.28. The van der Waals surface area contributed by atoms with Gasteiger partial charge in [-0.05, 0) is 0 Å². The molecule has 0 unspecified atom stereocenters. The normalized spacial score (nSPS) is 0.750. The minimum atomic E-state index is 0. The van der Waals surface area contributed by atoms with Gasteiger partial charge in [-0.25, -0.2) is 0 Å². The molecular weight excluding hydrogens is 228 g/mol. The van der Waals surface area contributed by atoms with Gasteiger partial charge in [0.25, 0.3) is 0 Å². The Balaban J connectivity index is -0.00000000500.